The number of ether oxygens (including phenoxy) is 1. The van der Waals surface area contributed by atoms with Crippen LogP contribution in [-0.4, -0.2) is 26.2 Å². The van der Waals surface area contributed by atoms with Crippen molar-refractivity contribution in [2.75, 3.05) is 6.61 Å². The van der Waals surface area contributed by atoms with Crippen molar-refractivity contribution in [3.63, 3.8) is 0 Å². The van der Waals surface area contributed by atoms with E-state index in [1.807, 2.05) is 0 Å². The van der Waals surface area contributed by atoms with Crippen molar-refractivity contribution < 1.29 is 9.13 Å². The number of aromatic nitrogens is 4. The molecule has 7 heteroatoms. The highest BCUT2D eigenvalue weighted by Crippen LogP contribution is 2.26. The lowest BCUT2D eigenvalue weighted by atomic mass is 10.1. The SMILES string of the molecule is C#CCOc1nc2c(-c3ccc(F)cc3)c(C)nn2c(=O)[nH]1. The highest BCUT2D eigenvalue weighted by Gasteiger charge is 2.16. The van der Waals surface area contributed by atoms with Gasteiger partial charge in [0.05, 0.1) is 5.69 Å². The van der Waals surface area contributed by atoms with Crippen molar-refractivity contribution in [2.45, 2.75) is 6.92 Å². The number of hydrogen-bond donors (Lipinski definition) is 1. The molecule has 0 aliphatic heterocycles. The molecule has 0 atom stereocenters. The minimum absolute atomic E-state index is 0.0127. The van der Waals surface area contributed by atoms with E-state index in [9.17, 15) is 9.18 Å². The fourth-order valence-electron chi connectivity index (χ4n) is 2.16. The fraction of sp³-hybridized carbons (Fsp3) is 0.133. The smallest absolute Gasteiger partial charge is 0.352 e. The van der Waals surface area contributed by atoms with Gasteiger partial charge in [-0.15, -0.1) is 6.42 Å². The van der Waals surface area contributed by atoms with Crippen LogP contribution in [-0.2, 0) is 0 Å². The zero-order valence-electron chi connectivity index (χ0n) is 11.6. The van der Waals surface area contributed by atoms with Crippen molar-refractivity contribution in [3.8, 4) is 29.5 Å². The Morgan fingerprint density at radius 2 is 2.14 bits per heavy atom. The molecule has 0 spiro atoms. The summed E-state index contributed by atoms with van der Waals surface area (Å²) in [5, 5.41) is 4.15. The van der Waals surface area contributed by atoms with Crippen LogP contribution in [0.4, 0.5) is 4.39 Å². The van der Waals surface area contributed by atoms with E-state index < -0.39 is 5.69 Å². The molecule has 0 amide bonds. The number of aromatic amines is 1. The molecule has 1 aromatic carbocycles. The zero-order chi connectivity index (χ0) is 15.7. The number of H-pyrrole nitrogens is 1. The van der Waals surface area contributed by atoms with E-state index in [0.29, 0.717) is 22.5 Å². The van der Waals surface area contributed by atoms with Crippen LogP contribution in [0.3, 0.4) is 0 Å². The van der Waals surface area contributed by atoms with Gasteiger partial charge in [0.15, 0.2) is 12.3 Å². The number of benzene rings is 1. The first kappa shape index (κ1) is 13.8. The first-order valence-corrected chi connectivity index (χ1v) is 6.42. The van der Waals surface area contributed by atoms with E-state index in [1.54, 1.807) is 19.1 Å². The monoisotopic (exact) mass is 298 g/mol. The third kappa shape index (κ3) is 2.31. The Kier molecular flexibility index (Phi) is 3.35. The third-order valence-electron chi connectivity index (χ3n) is 3.07. The van der Waals surface area contributed by atoms with E-state index in [-0.39, 0.29) is 18.4 Å². The number of rotatable bonds is 3. The van der Waals surface area contributed by atoms with Gasteiger partial charge in [0.2, 0.25) is 0 Å². The summed E-state index contributed by atoms with van der Waals surface area (Å²) in [6, 6.07) is 5.88. The first-order chi connectivity index (χ1) is 10.6. The lowest BCUT2D eigenvalue weighted by molar-refractivity contribution is 0.337. The molecule has 22 heavy (non-hydrogen) atoms. The van der Waals surface area contributed by atoms with Crippen LogP contribution in [0.5, 0.6) is 6.01 Å². The number of fused-ring (bicyclic) bond motifs is 1. The molecule has 3 aromatic rings. The van der Waals surface area contributed by atoms with Gasteiger partial charge in [-0.3, -0.25) is 4.98 Å². The highest BCUT2D eigenvalue weighted by atomic mass is 19.1. The molecule has 0 saturated heterocycles. The van der Waals surface area contributed by atoms with Gasteiger partial charge in [-0.1, -0.05) is 18.1 Å². The maximum absolute atomic E-state index is 13.1. The van der Waals surface area contributed by atoms with Crippen molar-refractivity contribution in [1.82, 2.24) is 19.6 Å². The average Bonchev–Trinajstić information content (AvgIpc) is 2.83. The van der Waals surface area contributed by atoms with Crippen LogP contribution in [0.1, 0.15) is 5.69 Å². The number of hydrogen-bond acceptors (Lipinski definition) is 4. The Hall–Kier alpha value is -3.14. The molecule has 0 bridgehead atoms. The molecule has 0 saturated carbocycles. The van der Waals surface area contributed by atoms with E-state index in [2.05, 4.69) is 21.0 Å². The standard InChI is InChI=1S/C15H11FN4O2/c1-3-8-22-14-17-13-12(10-4-6-11(16)7-5-10)9(2)19-20(13)15(21)18-14/h1,4-7H,8H2,2H3,(H,17,18,21). The predicted molar refractivity (Wildman–Crippen MR) is 78.1 cm³/mol. The normalized spacial score (nSPS) is 10.6. The Morgan fingerprint density at radius 1 is 1.41 bits per heavy atom. The number of halogens is 1. The van der Waals surface area contributed by atoms with Crippen LogP contribution < -0.4 is 10.4 Å². The van der Waals surface area contributed by atoms with E-state index in [4.69, 9.17) is 11.2 Å². The first-order valence-electron chi connectivity index (χ1n) is 6.42. The van der Waals surface area contributed by atoms with Crippen LogP contribution in [0.15, 0.2) is 29.1 Å². The minimum Gasteiger partial charge on any atom is -0.451 e. The van der Waals surface area contributed by atoms with Gasteiger partial charge in [-0.25, -0.2) is 9.18 Å². The average molecular weight is 298 g/mol. The van der Waals surface area contributed by atoms with Crippen LogP contribution in [0, 0.1) is 25.1 Å². The van der Waals surface area contributed by atoms with E-state index >= 15 is 0 Å². The number of aryl methyl sites for hydroxylation is 1. The summed E-state index contributed by atoms with van der Waals surface area (Å²) >= 11 is 0. The zero-order valence-corrected chi connectivity index (χ0v) is 11.6. The van der Waals surface area contributed by atoms with E-state index in [0.717, 1.165) is 4.52 Å². The molecule has 0 fully saturated rings. The molecular weight excluding hydrogens is 287 g/mol. The second-order valence-corrected chi connectivity index (χ2v) is 4.54. The van der Waals surface area contributed by atoms with Crippen molar-refractivity contribution in [1.29, 1.82) is 0 Å². The summed E-state index contributed by atoms with van der Waals surface area (Å²) < 4.78 is 19.4. The lowest BCUT2D eigenvalue weighted by Gasteiger charge is -2.03. The summed E-state index contributed by atoms with van der Waals surface area (Å²) in [7, 11) is 0. The lowest BCUT2D eigenvalue weighted by Crippen LogP contribution is -2.20. The Labute approximate surface area is 124 Å². The largest absolute Gasteiger partial charge is 0.451 e. The van der Waals surface area contributed by atoms with Gasteiger partial charge in [0.1, 0.15) is 5.82 Å². The Morgan fingerprint density at radius 3 is 2.82 bits per heavy atom. The predicted octanol–water partition coefficient (Wildman–Crippen LogP) is 1.54. The second kappa shape index (κ2) is 5.33. The van der Waals surface area contributed by atoms with E-state index in [1.165, 1.54) is 12.1 Å². The van der Waals surface area contributed by atoms with Crippen LogP contribution >= 0.6 is 0 Å². The summed E-state index contributed by atoms with van der Waals surface area (Å²) in [5.41, 5.74) is 1.76. The molecule has 110 valence electrons. The molecule has 2 aromatic heterocycles. The maximum Gasteiger partial charge on any atom is 0.352 e. The van der Waals surface area contributed by atoms with Gasteiger partial charge < -0.3 is 4.74 Å². The summed E-state index contributed by atoms with van der Waals surface area (Å²) in [6.45, 7) is 1.73. The van der Waals surface area contributed by atoms with Gasteiger partial charge in [-0.05, 0) is 24.6 Å². The molecule has 2 heterocycles. The minimum atomic E-state index is -0.492. The number of terminal acetylenes is 1. The fourth-order valence-corrected chi connectivity index (χ4v) is 2.16. The van der Waals surface area contributed by atoms with Crippen molar-refractivity contribution >= 4 is 5.65 Å². The van der Waals surface area contributed by atoms with Gasteiger partial charge in [-0.2, -0.15) is 14.6 Å². The van der Waals surface area contributed by atoms with Crippen molar-refractivity contribution in [3.05, 3.63) is 46.3 Å². The quantitative estimate of drug-likeness (QED) is 0.745. The summed E-state index contributed by atoms with van der Waals surface area (Å²) in [5.74, 6) is 1.95. The summed E-state index contributed by atoms with van der Waals surface area (Å²) in [6.07, 6.45) is 5.12. The van der Waals surface area contributed by atoms with Crippen molar-refractivity contribution in [2.24, 2.45) is 0 Å². The highest BCUT2D eigenvalue weighted by molar-refractivity contribution is 5.79. The molecule has 3 rings (SSSR count). The molecule has 0 aliphatic carbocycles. The molecule has 1 N–H and O–H groups in total. The molecule has 0 radical (unpaired) electrons. The topological polar surface area (TPSA) is 72.3 Å². The molecule has 0 aliphatic rings. The summed E-state index contributed by atoms with van der Waals surface area (Å²) in [4.78, 5) is 18.7. The van der Waals surface area contributed by atoms with Gasteiger partial charge in [0, 0.05) is 5.56 Å². The maximum atomic E-state index is 13.1. The Bertz CT molecular complexity index is 935. The molecular formula is C15H11FN4O2. The van der Waals surface area contributed by atoms with Crippen LogP contribution in [0.25, 0.3) is 16.8 Å². The van der Waals surface area contributed by atoms with Gasteiger partial charge >= 0.3 is 11.7 Å². The second-order valence-electron chi connectivity index (χ2n) is 4.54. The van der Waals surface area contributed by atoms with Crippen LogP contribution in [0.2, 0.25) is 0 Å². The molecule has 0 unspecified atom stereocenters. The Balaban J connectivity index is 2.23. The number of nitrogens with zero attached hydrogens (tertiary/aromatic N) is 3. The molecule has 6 nitrogen and oxygen atoms in total. The third-order valence-corrected chi connectivity index (χ3v) is 3.07. The number of nitrogens with one attached hydrogen (secondary N) is 1. The van der Waals surface area contributed by atoms with Gasteiger partial charge in [0.25, 0.3) is 0 Å².